The lowest BCUT2D eigenvalue weighted by Gasteiger charge is -2.15. The molecule has 0 saturated carbocycles. The van der Waals surface area contributed by atoms with Crippen LogP contribution in [-0.4, -0.2) is 44.1 Å². The number of aliphatic carboxylic acids is 1. The third-order valence-electron chi connectivity index (χ3n) is 2.60. The highest BCUT2D eigenvalue weighted by Gasteiger charge is 2.05. The predicted octanol–water partition coefficient (Wildman–Crippen LogP) is -2.57. The minimum atomic E-state index is -1.49. The van der Waals surface area contributed by atoms with Gasteiger partial charge in [-0.1, -0.05) is 0 Å². The molecule has 0 rings (SSSR count). The first-order valence-corrected chi connectivity index (χ1v) is 6.31. The molecule has 0 unspecified atom stereocenters. The van der Waals surface area contributed by atoms with E-state index in [2.05, 4.69) is 19.2 Å². The van der Waals surface area contributed by atoms with Crippen molar-refractivity contribution in [1.29, 1.82) is 0 Å². The standard InChI is InChI=1S/C12H21N3O4/c1-3-15(4-2)9-5-8-13-12(19)14-10(16)6-7-11(17)18/h6-7H,3-5,8-9H2,1-2H3,(H,17,18)(H2,13,14,16,19)/b7-6+. The van der Waals surface area contributed by atoms with Gasteiger partial charge in [0.25, 0.3) is 5.91 Å². The van der Waals surface area contributed by atoms with E-state index in [0.717, 1.165) is 32.1 Å². The van der Waals surface area contributed by atoms with E-state index < -0.39 is 17.9 Å². The summed E-state index contributed by atoms with van der Waals surface area (Å²) in [7, 11) is 0. The average molecular weight is 271 g/mol. The molecule has 0 aromatic heterocycles. The molecule has 0 aliphatic rings. The Labute approximate surface area is 112 Å². The summed E-state index contributed by atoms with van der Waals surface area (Å²) in [5.74, 6) is -2.28. The van der Waals surface area contributed by atoms with Crippen molar-refractivity contribution in [2.24, 2.45) is 0 Å². The van der Waals surface area contributed by atoms with Crippen LogP contribution < -0.4 is 20.6 Å². The molecule has 0 fully saturated rings. The molecule has 0 aromatic rings. The fourth-order valence-corrected chi connectivity index (χ4v) is 1.49. The second-order valence-electron chi connectivity index (χ2n) is 3.96. The molecule has 0 atom stereocenters. The maximum Gasteiger partial charge on any atom is 0.321 e. The van der Waals surface area contributed by atoms with Gasteiger partial charge in [-0.15, -0.1) is 0 Å². The molecule has 7 heteroatoms. The molecule has 3 N–H and O–H groups in total. The number of carbonyl (C=O) groups is 3. The maximum atomic E-state index is 11.2. The molecule has 0 aliphatic heterocycles. The van der Waals surface area contributed by atoms with Crippen molar-refractivity contribution in [1.82, 2.24) is 10.6 Å². The van der Waals surface area contributed by atoms with E-state index in [1.165, 1.54) is 4.90 Å². The number of quaternary nitrogens is 1. The Kier molecular flexibility index (Phi) is 9.07. The highest BCUT2D eigenvalue weighted by molar-refractivity contribution is 6.02. The van der Waals surface area contributed by atoms with E-state index in [-0.39, 0.29) is 0 Å². The van der Waals surface area contributed by atoms with E-state index in [4.69, 9.17) is 0 Å². The van der Waals surface area contributed by atoms with Crippen molar-refractivity contribution >= 4 is 17.9 Å². The molecule has 0 bridgehead atoms. The predicted molar refractivity (Wildman–Crippen MR) is 67.2 cm³/mol. The number of hydrogen-bond donors (Lipinski definition) is 3. The zero-order chi connectivity index (χ0) is 14.7. The SMILES string of the molecule is CC[NH+](CC)CCCNC(=O)NC(=O)/C=C/C(=O)[O-]. The fraction of sp³-hybridized carbons (Fsp3) is 0.583. The molecule has 0 heterocycles. The van der Waals surface area contributed by atoms with Gasteiger partial charge in [-0.3, -0.25) is 10.1 Å². The number of carboxylic acid groups (broad SMARTS) is 1. The van der Waals surface area contributed by atoms with Crippen LogP contribution in [0.2, 0.25) is 0 Å². The largest absolute Gasteiger partial charge is 0.545 e. The number of carbonyl (C=O) groups excluding carboxylic acids is 3. The van der Waals surface area contributed by atoms with Crippen molar-refractivity contribution in [2.75, 3.05) is 26.2 Å². The van der Waals surface area contributed by atoms with Crippen molar-refractivity contribution in [3.05, 3.63) is 12.2 Å². The van der Waals surface area contributed by atoms with Gasteiger partial charge < -0.3 is 20.1 Å². The minimum Gasteiger partial charge on any atom is -0.545 e. The van der Waals surface area contributed by atoms with Crippen LogP contribution in [0.5, 0.6) is 0 Å². The molecular weight excluding hydrogens is 250 g/mol. The summed E-state index contributed by atoms with van der Waals surface area (Å²) in [5.41, 5.74) is 0. The van der Waals surface area contributed by atoms with Gasteiger partial charge in [-0.05, 0) is 19.9 Å². The van der Waals surface area contributed by atoms with Crippen molar-refractivity contribution in [3.8, 4) is 0 Å². The summed E-state index contributed by atoms with van der Waals surface area (Å²) in [6.45, 7) is 7.69. The lowest BCUT2D eigenvalue weighted by atomic mass is 10.3. The van der Waals surface area contributed by atoms with Crippen molar-refractivity contribution in [3.63, 3.8) is 0 Å². The van der Waals surface area contributed by atoms with Gasteiger partial charge in [-0.25, -0.2) is 4.79 Å². The first-order valence-electron chi connectivity index (χ1n) is 6.31. The van der Waals surface area contributed by atoms with Crippen LogP contribution in [0.3, 0.4) is 0 Å². The molecule has 0 aliphatic carbocycles. The third-order valence-corrected chi connectivity index (χ3v) is 2.60. The number of nitrogens with one attached hydrogen (secondary N) is 3. The molecule has 0 spiro atoms. The van der Waals surface area contributed by atoms with Crippen LogP contribution in [0.25, 0.3) is 0 Å². The van der Waals surface area contributed by atoms with E-state index in [1.54, 1.807) is 0 Å². The summed E-state index contributed by atoms with van der Waals surface area (Å²) in [5, 5.41) is 14.5. The number of hydrogen-bond acceptors (Lipinski definition) is 4. The third kappa shape index (κ3) is 9.78. The Morgan fingerprint density at radius 2 is 1.79 bits per heavy atom. The lowest BCUT2D eigenvalue weighted by molar-refractivity contribution is -0.896. The Hall–Kier alpha value is -1.89. The molecule has 108 valence electrons. The highest BCUT2D eigenvalue weighted by Crippen LogP contribution is 1.75. The maximum absolute atomic E-state index is 11.2. The first kappa shape index (κ1) is 17.1. The first-order chi connectivity index (χ1) is 8.99. The summed E-state index contributed by atoms with van der Waals surface area (Å²) in [6, 6.07) is -0.637. The Balaban J connectivity index is 3.76. The fourth-order valence-electron chi connectivity index (χ4n) is 1.49. The van der Waals surface area contributed by atoms with Gasteiger partial charge in [0, 0.05) is 19.0 Å². The van der Waals surface area contributed by atoms with Crippen molar-refractivity contribution in [2.45, 2.75) is 20.3 Å². The number of rotatable bonds is 8. The summed E-state index contributed by atoms with van der Waals surface area (Å²) in [4.78, 5) is 33.8. The summed E-state index contributed by atoms with van der Waals surface area (Å²) < 4.78 is 0. The molecule has 0 aromatic carbocycles. The van der Waals surface area contributed by atoms with Crippen LogP contribution in [0.15, 0.2) is 12.2 Å². The number of imide groups is 1. The number of carboxylic acids is 1. The van der Waals surface area contributed by atoms with Crippen molar-refractivity contribution < 1.29 is 24.4 Å². The van der Waals surface area contributed by atoms with E-state index in [1.807, 2.05) is 5.32 Å². The topological polar surface area (TPSA) is 103 Å². The molecular formula is C12H21N3O4. The van der Waals surface area contributed by atoms with Gasteiger partial charge >= 0.3 is 6.03 Å². The molecule has 0 radical (unpaired) electrons. The molecule has 0 saturated heterocycles. The smallest absolute Gasteiger partial charge is 0.321 e. The summed E-state index contributed by atoms with van der Waals surface area (Å²) in [6.07, 6.45) is 2.11. The minimum absolute atomic E-state index is 0.465. The van der Waals surface area contributed by atoms with Gasteiger partial charge in [0.05, 0.1) is 25.6 Å². The second kappa shape index (κ2) is 10.1. The van der Waals surface area contributed by atoms with Gasteiger partial charge in [0.15, 0.2) is 0 Å². The van der Waals surface area contributed by atoms with Crippen LogP contribution in [0.1, 0.15) is 20.3 Å². The molecule has 19 heavy (non-hydrogen) atoms. The highest BCUT2D eigenvalue weighted by atomic mass is 16.4. The zero-order valence-corrected chi connectivity index (χ0v) is 11.3. The normalized spacial score (nSPS) is 10.7. The van der Waals surface area contributed by atoms with Gasteiger partial charge in [0.1, 0.15) is 0 Å². The number of urea groups is 1. The molecule has 7 nitrogen and oxygen atoms in total. The Bertz CT molecular complexity index is 338. The van der Waals surface area contributed by atoms with Gasteiger partial charge in [0.2, 0.25) is 0 Å². The second-order valence-corrected chi connectivity index (χ2v) is 3.96. The van der Waals surface area contributed by atoms with Crippen LogP contribution in [0.4, 0.5) is 4.79 Å². The Morgan fingerprint density at radius 1 is 1.16 bits per heavy atom. The van der Waals surface area contributed by atoms with Gasteiger partial charge in [-0.2, -0.15) is 0 Å². The Morgan fingerprint density at radius 3 is 2.32 bits per heavy atom. The van der Waals surface area contributed by atoms with Crippen LogP contribution in [-0.2, 0) is 9.59 Å². The van der Waals surface area contributed by atoms with E-state index in [0.29, 0.717) is 12.6 Å². The van der Waals surface area contributed by atoms with E-state index >= 15 is 0 Å². The lowest BCUT2D eigenvalue weighted by Crippen LogP contribution is -3.11. The average Bonchev–Trinajstić information content (AvgIpc) is 2.36. The van der Waals surface area contributed by atoms with Crippen LogP contribution in [0, 0.1) is 0 Å². The zero-order valence-electron chi connectivity index (χ0n) is 11.3. The quantitative estimate of drug-likeness (QED) is 0.333. The molecule has 3 amide bonds. The number of amides is 3. The van der Waals surface area contributed by atoms with E-state index in [9.17, 15) is 19.5 Å². The monoisotopic (exact) mass is 271 g/mol. The summed E-state index contributed by atoms with van der Waals surface area (Å²) >= 11 is 0. The van der Waals surface area contributed by atoms with Crippen LogP contribution >= 0.6 is 0 Å².